The van der Waals surface area contributed by atoms with Crippen LogP contribution in [0.2, 0.25) is 5.15 Å². The normalized spacial score (nSPS) is 14.5. The number of hydrogen-bond acceptors (Lipinski definition) is 8. The van der Waals surface area contributed by atoms with E-state index in [0.717, 1.165) is 0 Å². The van der Waals surface area contributed by atoms with Crippen molar-refractivity contribution in [2.45, 2.75) is 31.4 Å². The molecule has 0 aliphatic heterocycles. The van der Waals surface area contributed by atoms with Gasteiger partial charge in [0.1, 0.15) is 10.4 Å². The molecular weight excluding hydrogens is 494 g/mol. The van der Waals surface area contributed by atoms with Crippen LogP contribution in [0.1, 0.15) is 37.3 Å². The van der Waals surface area contributed by atoms with E-state index in [-0.39, 0.29) is 11.6 Å². The Morgan fingerprint density at radius 3 is 2.40 bits per heavy atom. The lowest BCUT2D eigenvalue weighted by Crippen LogP contribution is -2.44. The van der Waals surface area contributed by atoms with Crippen LogP contribution < -0.4 is 5.73 Å². The average Bonchev–Trinajstić information content (AvgIpc) is 3.36. The average molecular weight is 522 g/mol. The van der Waals surface area contributed by atoms with Gasteiger partial charge in [0.15, 0.2) is 5.76 Å². The van der Waals surface area contributed by atoms with Crippen molar-refractivity contribution in [3.8, 4) is 11.3 Å². The zero-order chi connectivity index (χ0) is 25.6. The van der Waals surface area contributed by atoms with Crippen LogP contribution >= 0.6 is 11.6 Å². The lowest BCUT2D eigenvalue weighted by atomic mass is 9.78. The fraction of sp³-hybridized carbons (Fsp3) is 0.391. The van der Waals surface area contributed by atoms with E-state index in [1.54, 1.807) is 36.4 Å². The summed E-state index contributed by atoms with van der Waals surface area (Å²) in [6, 6.07) is 10.2. The second-order valence-electron chi connectivity index (χ2n) is 8.06. The third-order valence-electron chi connectivity index (χ3n) is 6.13. The largest absolute Gasteiger partial charge is 0.369 e. The van der Waals surface area contributed by atoms with Crippen molar-refractivity contribution in [3.05, 3.63) is 65.1 Å². The molecule has 2 unspecified atom stereocenters. The Balaban J connectivity index is 2.13. The maximum Gasteiger partial charge on any atom is 0.268 e. The summed E-state index contributed by atoms with van der Waals surface area (Å²) in [7, 11) is -4.66. The molecule has 0 aliphatic carbocycles. The van der Waals surface area contributed by atoms with Gasteiger partial charge in [-0.3, -0.25) is 9.35 Å². The van der Waals surface area contributed by atoms with Crippen LogP contribution in [0.5, 0.6) is 0 Å². The number of pyridine rings is 1. The molecule has 0 radical (unpaired) electrons. The molecule has 3 rings (SSSR count). The maximum absolute atomic E-state index is 12.9. The number of carbonyl (C=O) groups is 1. The van der Waals surface area contributed by atoms with Crippen LogP contribution in [0.15, 0.2) is 53.3 Å². The molecule has 0 bridgehead atoms. The third kappa shape index (κ3) is 6.43. The van der Waals surface area contributed by atoms with Crippen LogP contribution in [-0.2, 0) is 14.9 Å². The summed E-state index contributed by atoms with van der Waals surface area (Å²) >= 11 is 6.41. The van der Waals surface area contributed by atoms with Gasteiger partial charge in [-0.05, 0) is 43.2 Å². The molecule has 1 aromatic carbocycles. The molecule has 188 valence electrons. The van der Waals surface area contributed by atoms with Gasteiger partial charge in [0.25, 0.3) is 10.1 Å². The second kappa shape index (κ2) is 11.7. The molecule has 0 fully saturated rings. The quantitative estimate of drug-likeness (QED) is 0.270. The van der Waals surface area contributed by atoms with Gasteiger partial charge in [0.05, 0.1) is 12.1 Å². The SMILES string of the molecule is CCN(CC)CCC(C(C(N)=O)[C@H](c1ccc(-c2cnno2)cc1)c1cccnc1Cl)S(=O)(=O)O. The topological polar surface area (TPSA) is 153 Å². The van der Waals surface area contributed by atoms with E-state index in [1.165, 1.54) is 12.4 Å². The number of nitrogens with two attached hydrogens (primary N) is 1. The van der Waals surface area contributed by atoms with Crippen molar-refractivity contribution in [1.29, 1.82) is 0 Å². The van der Waals surface area contributed by atoms with Crippen LogP contribution in [0.3, 0.4) is 0 Å². The molecular formula is C23H28ClN5O5S. The van der Waals surface area contributed by atoms with Crippen LogP contribution in [0.4, 0.5) is 0 Å². The highest BCUT2D eigenvalue weighted by molar-refractivity contribution is 7.86. The molecule has 0 saturated heterocycles. The van der Waals surface area contributed by atoms with Gasteiger partial charge in [-0.15, -0.1) is 5.10 Å². The summed E-state index contributed by atoms with van der Waals surface area (Å²) in [5, 5.41) is 5.76. The summed E-state index contributed by atoms with van der Waals surface area (Å²) < 4.78 is 40.5. The van der Waals surface area contributed by atoms with Crippen molar-refractivity contribution in [2.75, 3.05) is 19.6 Å². The maximum atomic E-state index is 12.9. The molecule has 12 heteroatoms. The Morgan fingerprint density at radius 2 is 1.89 bits per heavy atom. The van der Waals surface area contributed by atoms with Gasteiger partial charge in [-0.2, -0.15) is 8.42 Å². The van der Waals surface area contributed by atoms with Crippen molar-refractivity contribution in [3.63, 3.8) is 0 Å². The van der Waals surface area contributed by atoms with E-state index in [9.17, 15) is 17.8 Å². The summed E-state index contributed by atoms with van der Waals surface area (Å²) in [5.74, 6) is -2.64. The van der Waals surface area contributed by atoms with Gasteiger partial charge in [0.2, 0.25) is 5.91 Å². The number of carbonyl (C=O) groups excluding carboxylic acids is 1. The Kier molecular flexibility index (Phi) is 8.95. The smallest absolute Gasteiger partial charge is 0.268 e. The van der Waals surface area contributed by atoms with Crippen molar-refractivity contribution < 1.29 is 22.3 Å². The standard InChI is InChI=1S/C23H28ClN5O5S/c1-3-29(4-2)13-11-19(35(31,32)33)21(23(25)30)20(17-6-5-12-26-22(17)24)16-9-7-15(8-10-16)18-14-27-28-34-18/h5-10,12,14,19-21H,3-4,11,13H2,1-2H3,(H2,25,30)(H,31,32,33)/t19?,20-,21?/m1/s1. The number of halogens is 1. The zero-order valence-electron chi connectivity index (χ0n) is 19.4. The first-order chi connectivity index (χ1) is 16.7. The third-order valence-corrected chi connectivity index (χ3v) is 7.74. The van der Waals surface area contributed by atoms with Gasteiger partial charge >= 0.3 is 0 Å². The molecule has 35 heavy (non-hydrogen) atoms. The number of rotatable bonds is 12. The molecule has 3 N–H and O–H groups in total. The fourth-order valence-corrected chi connectivity index (χ4v) is 5.59. The number of amides is 1. The van der Waals surface area contributed by atoms with E-state index in [2.05, 4.69) is 15.4 Å². The molecule has 10 nitrogen and oxygen atoms in total. The molecule has 2 aromatic heterocycles. The van der Waals surface area contributed by atoms with E-state index >= 15 is 0 Å². The van der Waals surface area contributed by atoms with Gasteiger partial charge in [-0.1, -0.05) is 55.8 Å². The molecule has 0 saturated carbocycles. The highest BCUT2D eigenvalue weighted by Gasteiger charge is 2.43. The predicted octanol–water partition coefficient (Wildman–Crippen LogP) is 3.01. The number of primary amides is 1. The fourth-order valence-electron chi connectivity index (χ4n) is 4.29. The van der Waals surface area contributed by atoms with Crippen LogP contribution in [0.25, 0.3) is 11.3 Å². The number of benzene rings is 1. The lowest BCUT2D eigenvalue weighted by Gasteiger charge is -2.32. The monoisotopic (exact) mass is 521 g/mol. The summed E-state index contributed by atoms with van der Waals surface area (Å²) in [6.07, 6.45) is 2.95. The minimum atomic E-state index is -4.66. The Bertz CT molecular complexity index is 1220. The minimum absolute atomic E-state index is 0.00428. The Hall–Kier alpha value is -2.86. The summed E-state index contributed by atoms with van der Waals surface area (Å²) in [6.45, 7) is 5.62. The molecule has 2 heterocycles. The highest BCUT2D eigenvalue weighted by atomic mass is 35.5. The van der Waals surface area contributed by atoms with Crippen LogP contribution in [0, 0.1) is 5.92 Å². The second-order valence-corrected chi connectivity index (χ2v) is 10.1. The van der Waals surface area contributed by atoms with Gasteiger partial charge in [-0.25, -0.2) is 4.98 Å². The highest BCUT2D eigenvalue weighted by Crippen LogP contribution is 2.40. The molecule has 3 atom stereocenters. The molecule has 1 amide bonds. The summed E-state index contributed by atoms with van der Waals surface area (Å²) in [4.78, 5) is 19.0. The van der Waals surface area contributed by atoms with Crippen molar-refractivity contribution >= 4 is 27.6 Å². The lowest BCUT2D eigenvalue weighted by molar-refractivity contribution is -0.122. The van der Waals surface area contributed by atoms with E-state index < -0.39 is 33.1 Å². The van der Waals surface area contributed by atoms with Crippen molar-refractivity contribution in [1.82, 2.24) is 20.3 Å². The summed E-state index contributed by atoms with van der Waals surface area (Å²) in [5.41, 5.74) is 7.48. The Morgan fingerprint density at radius 1 is 1.20 bits per heavy atom. The van der Waals surface area contributed by atoms with E-state index in [0.29, 0.717) is 42.1 Å². The predicted molar refractivity (Wildman–Crippen MR) is 131 cm³/mol. The zero-order valence-corrected chi connectivity index (χ0v) is 21.0. The number of nitrogens with zero attached hydrogens (tertiary/aromatic N) is 4. The minimum Gasteiger partial charge on any atom is -0.369 e. The first-order valence-corrected chi connectivity index (χ1v) is 13.0. The van der Waals surface area contributed by atoms with E-state index in [1.807, 2.05) is 18.7 Å². The first-order valence-electron chi connectivity index (χ1n) is 11.1. The number of aromatic nitrogens is 3. The molecule has 0 aliphatic rings. The van der Waals surface area contributed by atoms with Crippen molar-refractivity contribution in [2.24, 2.45) is 11.7 Å². The number of hydrogen-bond donors (Lipinski definition) is 2. The molecule has 0 spiro atoms. The van der Waals surface area contributed by atoms with Gasteiger partial charge in [0, 0.05) is 22.9 Å². The molecule has 3 aromatic rings. The van der Waals surface area contributed by atoms with Crippen LogP contribution in [-0.4, -0.2) is 64.0 Å². The van der Waals surface area contributed by atoms with E-state index in [4.69, 9.17) is 21.9 Å². The Labute approximate surface area is 209 Å². The van der Waals surface area contributed by atoms with Gasteiger partial charge < -0.3 is 15.2 Å². The first kappa shape index (κ1) is 26.7.